The van der Waals surface area contributed by atoms with Crippen molar-refractivity contribution in [3.05, 3.63) is 60.9 Å². The van der Waals surface area contributed by atoms with Crippen LogP contribution in [0.2, 0.25) is 0 Å². The van der Waals surface area contributed by atoms with E-state index in [1.165, 1.54) is 29.7 Å². The van der Waals surface area contributed by atoms with E-state index < -0.39 is 0 Å². The molecule has 0 amide bonds. The van der Waals surface area contributed by atoms with Crippen molar-refractivity contribution in [2.75, 3.05) is 5.32 Å². The predicted octanol–water partition coefficient (Wildman–Crippen LogP) is 6.64. The van der Waals surface area contributed by atoms with E-state index >= 15 is 0 Å². The Morgan fingerprint density at radius 3 is 2.10 bits per heavy atom. The van der Waals surface area contributed by atoms with Gasteiger partial charge in [0.05, 0.1) is 5.69 Å². The molecule has 2 aromatic carbocycles. The van der Waals surface area contributed by atoms with Gasteiger partial charge in [0.15, 0.2) is 0 Å². The smallest absolute Gasteiger partial charge is 0.0631 e. The highest BCUT2D eigenvalue weighted by Crippen LogP contribution is 2.41. The summed E-state index contributed by atoms with van der Waals surface area (Å²) in [5, 5.41) is 3.65. The van der Waals surface area contributed by atoms with E-state index in [0.29, 0.717) is 12.0 Å². The summed E-state index contributed by atoms with van der Waals surface area (Å²) in [5.41, 5.74) is 3.86. The first kappa shape index (κ1) is 15.6. The van der Waals surface area contributed by atoms with E-state index in [1.54, 1.807) is 0 Å². The highest BCUT2D eigenvalue weighted by molar-refractivity contribution is 9.11. The number of aryl methyl sites for hydroxylation is 1. The standard InChI is InChI=1S/C17H16Br3N/c1-10-6-15(19)17(16(20)7-10)21-14-8-12(9-14)11-2-4-13(18)5-3-11/h2-7,12,14,21H,8-9H2,1H3. The van der Waals surface area contributed by atoms with Crippen molar-refractivity contribution in [3.8, 4) is 0 Å². The number of nitrogens with one attached hydrogen (secondary N) is 1. The van der Waals surface area contributed by atoms with Crippen LogP contribution in [0.15, 0.2) is 49.8 Å². The molecule has 21 heavy (non-hydrogen) atoms. The second-order valence-corrected chi connectivity index (χ2v) is 8.29. The Hall–Kier alpha value is -0.320. The fourth-order valence-electron chi connectivity index (χ4n) is 2.78. The highest BCUT2D eigenvalue weighted by Gasteiger charge is 2.30. The summed E-state index contributed by atoms with van der Waals surface area (Å²) in [5.74, 6) is 0.679. The van der Waals surface area contributed by atoms with E-state index in [0.717, 1.165) is 13.4 Å². The molecule has 1 N–H and O–H groups in total. The van der Waals surface area contributed by atoms with Crippen molar-refractivity contribution in [2.24, 2.45) is 0 Å². The number of hydrogen-bond donors (Lipinski definition) is 1. The molecule has 0 aliphatic heterocycles. The van der Waals surface area contributed by atoms with Crippen LogP contribution in [0.1, 0.15) is 29.9 Å². The van der Waals surface area contributed by atoms with Crippen LogP contribution in [0, 0.1) is 6.92 Å². The van der Waals surface area contributed by atoms with Gasteiger partial charge in [0.25, 0.3) is 0 Å². The Labute approximate surface area is 150 Å². The molecule has 0 spiro atoms. The first-order valence-electron chi connectivity index (χ1n) is 7.00. The molecule has 0 saturated heterocycles. The van der Waals surface area contributed by atoms with Gasteiger partial charge < -0.3 is 5.32 Å². The van der Waals surface area contributed by atoms with Crippen LogP contribution in [0.4, 0.5) is 5.69 Å². The minimum absolute atomic E-state index is 0.550. The molecule has 1 nitrogen and oxygen atoms in total. The SMILES string of the molecule is Cc1cc(Br)c(NC2CC(c3ccc(Br)cc3)C2)c(Br)c1. The zero-order chi connectivity index (χ0) is 15.0. The van der Waals surface area contributed by atoms with E-state index in [9.17, 15) is 0 Å². The Morgan fingerprint density at radius 1 is 0.952 bits per heavy atom. The van der Waals surface area contributed by atoms with Gasteiger partial charge in [-0.2, -0.15) is 0 Å². The topological polar surface area (TPSA) is 12.0 Å². The third kappa shape index (κ3) is 3.54. The zero-order valence-corrected chi connectivity index (χ0v) is 16.4. The molecule has 3 rings (SSSR count). The maximum atomic E-state index is 3.65. The molecule has 1 saturated carbocycles. The van der Waals surface area contributed by atoms with Crippen LogP contribution in [0.3, 0.4) is 0 Å². The van der Waals surface area contributed by atoms with Gasteiger partial charge in [0.2, 0.25) is 0 Å². The highest BCUT2D eigenvalue weighted by atomic mass is 79.9. The average molecular weight is 474 g/mol. The van der Waals surface area contributed by atoms with Crippen LogP contribution in [-0.2, 0) is 0 Å². The van der Waals surface area contributed by atoms with Crippen LogP contribution in [0.5, 0.6) is 0 Å². The summed E-state index contributed by atoms with van der Waals surface area (Å²) >= 11 is 10.8. The Balaban J connectivity index is 1.64. The minimum Gasteiger partial charge on any atom is -0.380 e. The Kier molecular flexibility index (Phi) is 4.77. The normalized spacial score (nSPS) is 21.0. The largest absolute Gasteiger partial charge is 0.380 e. The van der Waals surface area contributed by atoms with E-state index in [1.807, 2.05) is 0 Å². The average Bonchev–Trinajstić information content (AvgIpc) is 2.37. The summed E-state index contributed by atoms with van der Waals surface area (Å²) in [6.07, 6.45) is 2.38. The Bertz CT molecular complexity index is 623. The lowest BCUT2D eigenvalue weighted by Gasteiger charge is -2.37. The van der Waals surface area contributed by atoms with E-state index in [-0.39, 0.29) is 0 Å². The summed E-state index contributed by atoms with van der Waals surface area (Å²) in [6.45, 7) is 2.10. The van der Waals surface area contributed by atoms with E-state index in [2.05, 4.69) is 96.4 Å². The van der Waals surface area contributed by atoms with Gasteiger partial charge in [0, 0.05) is 19.5 Å². The number of halogens is 3. The monoisotopic (exact) mass is 471 g/mol. The molecule has 1 aliphatic carbocycles. The third-order valence-electron chi connectivity index (χ3n) is 4.01. The van der Waals surface area contributed by atoms with E-state index in [4.69, 9.17) is 0 Å². The molecule has 0 atom stereocenters. The molecular formula is C17H16Br3N. The third-order valence-corrected chi connectivity index (χ3v) is 5.79. The van der Waals surface area contributed by atoms with Gasteiger partial charge in [-0.25, -0.2) is 0 Å². The van der Waals surface area contributed by atoms with Crippen LogP contribution in [-0.4, -0.2) is 6.04 Å². The zero-order valence-electron chi connectivity index (χ0n) is 11.7. The van der Waals surface area contributed by atoms with Gasteiger partial charge in [0.1, 0.15) is 0 Å². The van der Waals surface area contributed by atoms with Gasteiger partial charge in [-0.05, 0) is 92.9 Å². The fraction of sp³-hybridized carbons (Fsp3) is 0.294. The Morgan fingerprint density at radius 2 is 1.52 bits per heavy atom. The molecule has 0 bridgehead atoms. The van der Waals surface area contributed by atoms with Crippen LogP contribution >= 0.6 is 47.8 Å². The summed E-state index contributed by atoms with van der Waals surface area (Å²) < 4.78 is 3.40. The summed E-state index contributed by atoms with van der Waals surface area (Å²) in [4.78, 5) is 0. The second kappa shape index (κ2) is 6.43. The number of hydrogen-bond acceptors (Lipinski definition) is 1. The molecule has 2 aromatic rings. The second-order valence-electron chi connectivity index (χ2n) is 5.66. The lowest BCUT2D eigenvalue weighted by Crippen LogP contribution is -2.34. The van der Waals surface area contributed by atoms with Crippen molar-refractivity contribution in [2.45, 2.75) is 31.7 Å². The molecule has 0 unspecified atom stereocenters. The molecule has 1 aliphatic rings. The van der Waals surface area contributed by atoms with Crippen molar-refractivity contribution in [1.82, 2.24) is 0 Å². The van der Waals surface area contributed by atoms with Crippen molar-refractivity contribution >= 4 is 53.5 Å². The molecule has 4 heteroatoms. The molecular weight excluding hydrogens is 458 g/mol. The predicted molar refractivity (Wildman–Crippen MR) is 100 cm³/mol. The van der Waals surface area contributed by atoms with Crippen LogP contribution < -0.4 is 5.32 Å². The number of rotatable bonds is 3. The molecule has 0 aromatic heterocycles. The van der Waals surface area contributed by atoms with Crippen molar-refractivity contribution in [1.29, 1.82) is 0 Å². The maximum absolute atomic E-state index is 3.65. The number of benzene rings is 2. The first-order valence-corrected chi connectivity index (χ1v) is 9.38. The van der Waals surface area contributed by atoms with Gasteiger partial charge in [-0.3, -0.25) is 0 Å². The van der Waals surface area contributed by atoms with Crippen LogP contribution in [0.25, 0.3) is 0 Å². The molecule has 110 valence electrons. The lowest BCUT2D eigenvalue weighted by molar-refractivity contribution is 0.374. The van der Waals surface area contributed by atoms with Gasteiger partial charge in [-0.1, -0.05) is 28.1 Å². The summed E-state index contributed by atoms with van der Waals surface area (Å²) in [7, 11) is 0. The number of anilines is 1. The minimum atomic E-state index is 0.550. The molecule has 0 radical (unpaired) electrons. The molecule has 1 fully saturated rings. The fourth-order valence-corrected chi connectivity index (χ4v) is 4.69. The quantitative estimate of drug-likeness (QED) is 0.526. The summed E-state index contributed by atoms with van der Waals surface area (Å²) in [6, 6.07) is 13.6. The van der Waals surface area contributed by atoms with Gasteiger partial charge in [-0.15, -0.1) is 0 Å². The van der Waals surface area contributed by atoms with Gasteiger partial charge >= 0.3 is 0 Å². The first-order chi connectivity index (χ1) is 10.0. The molecule has 0 heterocycles. The van der Waals surface area contributed by atoms with Crippen molar-refractivity contribution in [3.63, 3.8) is 0 Å². The lowest BCUT2D eigenvalue weighted by atomic mass is 9.76. The van der Waals surface area contributed by atoms with Crippen molar-refractivity contribution < 1.29 is 0 Å². The maximum Gasteiger partial charge on any atom is 0.0631 e.